The zero-order valence-electron chi connectivity index (χ0n) is 12.1. The van der Waals surface area contributed by atoms with Gasteiger partial charge in [0.25, 0.3) is 0 Å². The third kappa shape index (κ3) is 5.37. The van der Waals surface area contributed by atoms with E-state index < -0.39 is 0 Å². The Morgan fingerprint density at radius 2 is 2.20 bits per heavy atom. The van der Waals surface area contributed by atoms with Crippen LogP contribution in [0.15, 0.2) is 18.2 Å². The second kappa shape index (κ2) is 7.61. The Kier molecular flexibility index (Phi) is 6.13. The van der Waals surface area contributed by atoms with Crippen molar-refractivity contribution in [1.82, 2.24) is 10.2 Å². The smallest absolute Gasteiger partial charge is 0.234 e. The van der Waals surface area contributed by atoms with Crippen LogP contribution in [-0.2, 0) is 11.3 Å². The minimum absolute atomic E-state index is 0.0730. The molecule has 1 aromatic carbocycles. The van der Waals surface area contributed by atoms with Gasteiger partial charge in [0.2, 0.25) is 5.91 Å². The summed E-state index contributed by atoms with van der Waals surface area (Å²) in [6, 6.07) is 6.08. The van der Waals surface area contributed by atoms with Crippen LogP contribution in [0.2, 0.25) is 0 Å². The average Bonchev–Trinajstić information content (AvgIpc) is 2.36. The number of hydrogen-bond acceptors (Lipinski definition) is 3. The van der Waals surface area contributed by atoms with E-state index in [9.17, 15) is 9.18 Å². The van der Waals surface area contributed by atoms with Gasteiger partial charge < -0.3 is 5.32 Å². The van der Waals surface area contributed by atoms with Gasteiger partial charge in [-0.05, 0) is 36.7 Å². The molecule has 1 N–H and O–H groups in total. The fraction of sp³-hybridized carbons (Fsp3) is 0.467. The van der Waals surface area contributed by atoms with Gasteiger partial charge in [-0.3, -0.25) is 9.69 Å². The third-order valence-corrected chi connectivity index (χ3v) is 2.75. The molecule has 0 aliphatic heterocycles. The molecule has 20 heavy (non-hydrogen) atoms. The molecule has 5 heteroatoms. The Morgan fingerprint density at radius 3 is 2.80 bits per heavy atom. The molecule has 0 aliphatic rings. The molecule has 0 unspecified atom stereocenters. The number of halogens is 1. The van der Waals surface area contributed by atoms with Crippen molar-refractivity contribution < 1.29 is 9.18 Å². The van der Waals surface area contributed by atoms with Crippen LogP contribution in [0.1, 0.15) is 25.0 Å². The zero-order chi connectivity index (χ0) is 15.1. The predicted octanol–water partition coefficient (Wildman–Crippen LogP) is 1.90. The highest BCUT2D eigenvalue weighted by Crippen LogP contribution is 2.12. The summed E-state index contributed by atoms with van der Waals surface area (Å²) in [4.78, 5) is 13.4. The van der Waals surface area contributed by atoms with Crippen LogP contribution in [0.4, 0.5) is 4.39 Å². The molecule has 0 bridgehead atoms. The number of nitrogens with zero attached hydrogens (tertiary/aromatic N) is 2. The van der Waals surface area contributed by atoms with Gasteiger partial charge in [-0.1, -0.05) is 13.8 Å². The molecule has 0 spiro atoms. The van der Waals surface area contributed by atoms with Crippen molar-refractivity contribution in [2.75, 3.05) is 20.1 Å². The first-order valence-electron chi connectivity index (χ1n) is 6.56. The highest BCUT2D eigenvalue weighted by molar-refractivity contribution is 5.77. The number of nitriles is 1. The number of rotatable bonds is 6. The average molecular weight is 277 g/mol. The second-order valence-electron chi connectivity index (χ2n) is 5.28. The van der Waals surface area contributed by atoms with Crippen molar-refractivity contribution in [3.8, 4) is 6.07 Å². The molecule has 0 atom stereocenters. The highest BCUT2D eigenvalue weighted by Gasteiger charge is 2.10. The number of carbonyl (C=O) groups is 1. The van der Waals surface area contributed by atoms with Gasteiger partial charge in [-0.15, -0.1) is 0 Å². The molecule has 0 saturated heterocycles. The number of nitrogens with one attached hydrogen (secondary N) is 1. The lowest BCUT2D eigenvalue weighted by Gasteiger charge is -2.17. The van der Waals surface area contributed by atoms with Crippen molar-refractivity contribution in [2.24, 2.45) is 5.92 Å². The topological polar surface area (TPSA) is 56.1 Å². The van der Waals surface area contributed by atoms with Crippen LogP contribution in [0.25, 0.3) is 0 Å². The summed E-state index contributed by atoms with van der Waals surface area (Å²) >= 11 is 0. The maximum atomic E-state index is 13.2. The largest absolute Gasteiger partial charge is 0.355 e. The number of likely N-dealkylation sites (N-methyl/N-ethyl adjacent to an activating group) is 1. The molecule has 0 aliphatic carbocycles. The molecule has 108 valence electrons. The highest BCUT2D eigenvalue weighted by atomic mass is 19.1. The number of carbonyl (C=O) groups excluding carboxylic acids is 1. The summed E-state index contributed by atoms with van der Waals surface area (Å²) < 4.78 is 13.2. The lowest BCUT2D eigenvalue weighted by molar-refractivity contribution is -0.122. The van der Waals surface area contributed by atoms with Gasteiger partial charge in [0.05, 0.1) is 18.2 Å². The number of benzene rings is 1. The van der Waals surface area contributed by atoms with E-state index in [2.05, 4.69) is 5.32 Å². The minimum atomic E-state index is -0.378. The van der Waals surface area contributed by atoms with Crippen LogP contribution in [-0.4, -0.2) is 30.9 Å². The van der Waals surface area contributed by atoms with Gasteiger partial charge in [0, 0.05) is 13.1 Å². The molecular formula is C15H20FN3O. The Bertz CT molecular complexity index is 508. The van der Waals surface area contributed by atoms with Gasteiger partial charge >= 0.3 is 0 Å². The van der Waals surface area contributed by atoms with Crippen LogP contribution in [0.3, 0.4) is 0 Å². The first-order valence-corrected chi connectivity index (χ1v) is 6.56. The molecule has 0 fully saturated rings. The first-order chi connectivity index (χ1) is 9.42. The van der Waals surface area contributed by atoms with Crippen molar-refractivity contribution in [1.29, 1.82) is 5.26 Å². The standard InChI is InChI=1S/C15H20FN3O/c1-11(2)8-18-15(20)10-19(3)9-13-6-14(16)5-4-12(13)7-17/h4-6,11H,8-10H2,1-3H3,(H,18,20). The predicted molar refractivity (Wildman–Crippen MR) is 75.3 cm³/mol. The lowest BCUT2D eigenvalue weighted by atomic mass is 10.1. The number of hydrogen-bond donors (Lipinski definition) is 1. The van der Waals surface area contributed by atoms with Crippen molar-refractivity contribution in [3.63, 3.8) is 0 Å². The quantitative estimate of drug-likeness (QED) is 0.864. The summed E-state index contributed by atoms with van der Waals surface area (Å²) in [6.45, 7) is 5.26. The van der Waals surface area contributed by atoms with E-state index >= 15 is 0 Å². The molecule has 0 radical (unpaired) electrons. The lowest BCUT2D eigenvalue weighted by Crippen LogP contribution is -2.36. The Labute approximate surface area is 119 Å². The van der Waals surface area contributed by atoms with Crippen LogP contribution in [0.5, 0.6) is 0 Å². The third-order valence-electron chi connectivity index (χ3n) is 2.75. The van der Waals surface area contributed by atoms with E-state index in [-0.39, 0.29) is 18.3 Å². The van der Waals surface area contributed by atoms with Gasteiger partial charge in [-0.2, -0.15) is 5.26 Å². The fourth-order valence-corrected chi connectivity index (χ4v) is 1.77. The summed E-state index contributed by atoms with van der Waals surface area (Å²) in [5.41, 5.74) is 1.02. The van der Waals surface area contributed by atoms with E-state index in [4.69, 9.17) is 5.26 Å². The summed E-state index contributed by atoms with van der Waals surface area (Å²) in [6.07, 6.45) is 0. The van der Waals surface area contributed by atoms with Crippen LogP contribution < -0.4 is 5.32 Å². The fourth-order valence-electron chi connectivity index (χ4n) is 1.77. The molecule has 1 amide bonds. The molecule has 0 aromatic heterocycles. The van der Waals surface area contributed by atoms with E-state index in [0.717, 1.165) is 0 Å². The van der Waals surface area contributed by atoms with Crippen LogP contribution in [0, 0.1) is 23.1 Å². The van der Waals surface area contributed by atoms with Crippen molar-refractivity contribution in [3.05, 3.63) is 35.1 Å². The van der Waals surface area contributed by atoms with E-state index in [1.165, 1.54) is 18.2 Å². The summed E-state index contributed by atoms with van der Waals surface area (Å²) in [7, 11) is 1.76. The normalized spacial score (nSPS) is 10.7. The second-order valence-corrected chi connectivity index (χ2v) is 5.28. The van der Waals surface area contributed by atoms with Gasteiger partial charge in [0.1, 0.15) is 5.82 Å². The Balaban J connectivity index is 2.58. The van der Waals surface area contributed by atoms with E-state index in [1.54, 1.807) is 11.9 Å². The Hall–Kier alpha value is -1.93. The zero-order valence-corrected chi connectivity index (χ0v) is 12.1. The SMILES string of the molecule is CC(C)CNC(=O)CN(C)Cc1cc(F)ccc1C#N. The Morgan fingerprint density at radius 1 is 1.50 bits per heavy atom. The van der Waals surface area contributed by atoms with Crippen LogP contribution >= 0.6 is 0 Å². The molecule has 1 aromatic rings. The monoisotopic (exact) mass is 277 g/mol. The maximum Gasteiger partial charge on any atom is 0.234 e. The minimum Gasteiger partial charge on any atom is -0.355 e. The van der Waals surface area contributed by atoms with Crippen molar-refractivity contribution in [2.45, 2.75) is 20.4 Å². The molecule has 0 saturated carbocycles. The number of amides is 1. The molecule has 0 heterocycles. The summed E-state index contributed by atoms with van der Waals surface area (Å²) in [5.74, 6) is -0.0505. The van der Waals surface area contributed by atoms with Gasteiger partial charge in [-0.25, -0.2) is 4.39 Å². The molecule has 1 rings (SSSR count). The molecule has 4 nitrogen and oxygen atoms in total. The summed E-state index contributed by atoms with van der Waals surface area (Å²) in [5, 5.41) is 11.8. The first kappa shape index (κ1) is 16.1. The van der Waals surface area contributed by atoms with E-state index in [1.807, 2.05) is 19.9 Å². The maximum absolute atomic E-state index is 13.2. The van der Waals surface area contributed by atoms with E-state index in [0.29, 0.717) is 30.1 Å². The van der Waals surface area contributed by atoms with Gasteiger partial charge in [0.15, 0.2) is 0 Å². The van der Waals surface area contributed by atoms with Crippen molar-refractivity contribution >= 4 is 5.91 Å². The molecular weight excluding hydrogens is 257 g/mol.